The van der Waals surface area contributed by atoms with Crippen LogP contribution in [0.25, 0.3) is 0 Å². The van der Waals surface area contributed by atoms with E-state index in [1.807, 2.05) is 59.5 Å². The van der Waals surface area contributed by atoms with E-state index in [2.05, 4.69) is 20.8 Å². The minimum absolute atomic E-state index is 0.0870. The predicted octanol–water partition coefficient (Wildman–Crippen LogP) is 2.59. The van der Waals surface area contributed by atoms with Crippen LogP contribution in [0, 0.1) is 0 Å². The van der Waals surface area contributed by atoms with Gasteiger partial charge in [-0.25, -0.2) is 4.79 Å². The number of nitrogens with one attached hydrogen (secondary N) is 2. The molecule has 0 aliphatic carbocycles. The zero-order chi connectivity index (χ0) is 19.1. The molecule has 3 amide bonds. The molecule has 0 saturated carbocycles. The first-order chi connectivity index (χ1) is 13.1. The maximum atomic E-state index is 12.0. The molecule has 9 heteroatoms. The van der Waals surface area contributed by atoms with Gasteiger partial charge >= 0.3 is 6.03 Å². The molecule has 7 nitrogen and oxygen atoms in total. The van der Waals surface area contributed by atoms with Gasteiger partial charge in [-0.1, -0.05) is 48.2 Å². The molecule has 0 aliphatic rings. The van der Waals surface area contributed by atoms with Crippen LogP contribution in [-0.4, -0.2) is 32.5 Å². The molecule has 0 spiro atoms. The van der Waals surface area contributed by atoms with Crippen LogP contribution in [0.5, 0.6) is 0 Å². The first-order valence-electron chi connectivity index (χ1n) is 8.27. The Hall–Kier alpha value is -2.65. The molecule has 3 aromatic rings. The molecule has 1 aromatic carbocycles. The lowest BCUT2D eigenvalue weighted by Gasteiger charge is -2.07. The summed E-state index contributed by atoms with van der Waals surface area (Å²) in [6.45, 7) is 0.364. The second-order valence-electron chi connectivity index (χ2n) is 5.72. The largest absolute Gasteiger partial charge is 0.334 e. The van der Waals surface area contributed by atoms with Gasteiger partial charge in [-0.05, 0) is 17.0 Å². The van der Waals surface area contributed by atoms with E-state index >= 15 is 0 Å². The number of amides is 3. The number of urea groups is 1. The van der Waals surface area contributed by atoms with Crippen LogP contribution in [0.15, 0.2) is 53.0 Å². The van der Waals surface area contributed by atoms with Gasteiger partial charge in [-0.2, -0.15) is 0 Å². The highest BCUT2D eigenvalue weighted by molar-refractivity contribution is 7.99. The van der Waals surface area contributed by atoms with Gasteiger partial charge in [0.05, 0.1) is 5.75 Å². The molecule has 140 valence electrons. The van der Waals surface area contributed by atoms with Gasteiger partial charge in [0.2, 0.25) is 5.91 Å². The summed E-state index contributed by atoms with van der Waals surface area (Å²) in [6.07, 6.45) is 0.704. The number of nitrogens with zero attached hydrogens (tertiary/aromatic N) is 3. The first-order valence-corrected chi connectivity index (χ1v) is 10.1. The second-order valence-corrected chi connectivity index (χ2v) is 7.69. The maximum absolute atomic E-state index is 12.0. The summed E-state index contributed by atoms with van der Waals surface area (Å²) >= 11 is 2.91. The van der Waals surface area contributed by atoms with Gasteiger partial charge < -0.3 is 9.88 Å². The van der Waals surface area contributed by atoms with E-state index in [9.17, 15) is 9.59 Å². The van der Waals surface area contributed by atoms with Crippen LogP contribution in [0.2, 0.25) is 0 Å². The molecule has 0 radical (unpaired) electrons. The fourth-order valence-electron chi connectivity index (χ4n) is 2.31. The van der Waals surface area contributed by atoms with Crippen molar-refractivity contribution in [1.82, 2.24) is 25.4 Å². The van der Waals surface area contributed by atoms with E-state index in [1.165, 1.54) is 16.6 Å². The van der Waals surface area contributed by atoms with Crippen molar-refractivity contribution in [3.8, 4) is 0 Å². The molecule has 2 aromatic heterocycles. The quantitative estimate of drug-likeness (QED) is 0.594. The number of hydrogen-bond donors (Lipinski definition) is 2. The standard InChI is InChI=1S/C18H19N5O2S2/c1-23-15(10-14-8-5-9-26-14)21-22-18(23)27-12-16(24)20-17(25)19-11-13-6-3-2-4-7-13/h2-9H,10-12H2,1H3,(H2,19,20,24,25). The summed E-state index contributed by atoms with van der Waals surface area (Å²) in [5.74, 6) is 0.540. The van der Waals surface area contributed by atoms with E-state index in [0.29, 0.717) is 18.1 Å². The molecule has 0 bridgehead atoms. The highest BCUT2D eigenvalue weighted by Gasteiger charge is 2.13. The van der Waals surface area contributed by atoms with Crippen molar-refractivity contribution in [2.45, 2.75) is 18.1 Å². The number of thiophene rings is 1. The van der Waals surface area contributed by atoms with Crippen molar-refractivity contribution in [3.63, 3.8) is 0 Å². The lowest BCUT2D eigenvalue weighted by Crippen LogP contribution is -2.39. The van der Waals surface area contributed by atoms with Crippen LogP contribution in [-0.2, 0) is 24.8 Å². The topological polar surface area (TPSA) is 88.9 Å². The number of imide groups is 1. The van der Waals surface area contributed by atoms with Crippen molar-refractivity contribution in [2.24, 2.45) is 7.05 Å². The van der Waals surface area contributed by atoms with Crippen molar-refractivity contribution in [1.29, 1.82) is 0 Å². The van der Waals surface area contributed by atoms with Crippen molar-refractivity contribution >= 4 is 35.0 Å². The van der Waals surface area contributed by atoms with Gasteiger partial charge in [0.15, 0.2) is 5.16 Å². The maximum Gasteiger partial charge on any atom is 0.321 e. The van der Waals surface area contributed by atoms with Gasteiger partial charge in [0, 0.05) is 24.9 Å². The third-order valence-corrected chi connectivity index (χ3v) is 5.62. The molecule has 0 atom stereocenters. The summed E-state index contributed by atoms with van der Waals surface area (Å²) in [5.41, 5.74) is 0.965. The Morgan fingerprint density at radius 2 is 1.96 bits per heavy atom. The smallest absolute Gasteiger partial charge is 0.321 e. The monoisotopic (exact) mass is 401 g/mol. The molecule has 27 heavy (non-hydrogen) atoms. The van der Waals surface area contributed by atoms with E-state index in [0.717, 1.165) is 11.4 Å². The number of benzene rings is 1. The minimum Gasteiger partial charge on any atom is -0.334 e. The summed E-state index contributed by atoms with van der Waals surface area (Å²) in [7, 11) is 1.87. The highest BCUT2D eigenvalue weighted by atomic mass is 32.2. The Morgan fingerprint density at radius 3 is 2.70 bits per heavy atom. The average molecular weight is 402 g/mol. The van der Waals surface area contributed by atoms with Crippen LogP contribution in [0.1, 0.15) is 16.3 Å². The normalized spacial score (nSPS) is 10.6. The molecular formula is C18H19N5O2S2. The van der Waals surface area contributed by atoms with E-state index < -0.39 is 6.03 Å². The van der Waals surface area contributed by atoms with Crippen LogP contribution >= 0.6 is 23.1 Å². The summed E-state index contributed by atoms with van der Waals surface area (Å²) in [4.78, 5) is 25.0. The first kappa shape index (κ1) is 19.1. The molecular weight excluding hydrogens is 382 g/mol. The molecule has 0 saturated heterocycles. The second kappa shape index (κ2) is 9.33. The van der Waals surface area contributed by atoms with Gasteiger partial charge in [0.25, 0.3) is 0 Å². The van der Waals surface area contributed by atoms with E-state index in [1.54, 1.807) is 11.3 Å². The lowest BCUT2D eigenvalue weighted by atomic mass is 10.2. The number of rotatable bonds is 7. The van der Waals surface area contributed by atoms with Crippen LogP contribution in [0.4, 0.5) is 4.79 Å². The SMILES string of the molecule is Cn1c(Cc2cccs2)nnc1SCC(=O)NC(=O)NCc1ccccc1. The van der Waals surface area contributed by atoms with Crippen molar-refractivity contribution in [3.05, 3.63) is 64.1 Å². The fourth-order valence-corrected chi connectivity index (χ4v) is 3.74. The van der Waals surface area contributed by atoms with Crippen LogP contribution in [0.3, 0.4) is 0 Å². The van der Waals surface area contributed by atoms with Gasteiger partial charge in [-0.3, -0.25) is 10.1 Å². The number of thioether (sulfide) groups is 1. The number of aromatic nitrogens is 3. The fraction of sp³-hybridized carbons (Fsp3) is 0.222. The highest BCUT2D eigenvalue weighted by Crippen LogP contribution is 2.18. The Bertz CT molecular complexity index is 894. The van der Waals surface area contributed by atoms with E-state index in [4.69, 9.17) is 0 Å². The van der Waals surface area contributed by atoms with Crippen LogP contribution < -0.4 is 10.6 Å². The summed E-state index contributed by atoms with van der Waals surface area (Å²) < 4.78 is 1.87. The summed E-state index contributed by atoms with van der Waals surface area (Å²) in [6, 6.07) is 13.0. The van der Waals surface area contributed by atoms with Gasteiger partial charge in [-0.15, -0.1) is 21.5 Å². The van der Waals surface area contributed by atoms with E-state index in [-0.39, 0.29) is 11.7 Å². The van der Waals surface area contributed by atoms with Crippen molar-refractivity contribution in [2.75, 3.05) is 5.75 Å². The molecule has 0 fully saturated rings. The molecule has 2 heterocycles. The molecule has 3 rings (SSSR count). The number of carbonyl (C=O) groups is 2. The minimum atomic E-state index is -0.513. The van der Waals surface area contributed by atoms with Crippen molar-refractivity contribution < 1.29 is 9.59 Å². The van der Waals surface area contributed by atoms with Gasteiger partial charge in [0.1, 0.15) is 5.82 Å². The Kier molecular flexibility index (Phi) is 6.61. The third-order valence-electron chi connectivity index (χ3n) is 3.72. The lowest BCUT2D eigenvalue weighted by molar-refractivity contribution is -0.117. The molecule has 2 N–H and O–H groups in total. The number of hydrogen-bond acceptors (Lipinski definition) is 6. The zero-order valence-electron chi connectivity index (χ0n) is 14.7. The Balaban J connectivity index is 1.43. The molecule has 0 unspecified atom stereocenters. The Morgan fingerprint density at radius 1 is 1.15 bits per heavy atom. The molecule has 0 aliphatic heterocycles. The average Bonchev–Trinajstić information content (AvgIpc) is 3.30. The zero-order valence-corrected chi connectivity index (χ0v) is 16.3. The Labute approximate surface area is 165 Å². The summed E-state index contributed by atoms with van der Waals surface area (Å²) in [5, 5.41) is 15.9. The predicted molar refractivity (Wildman–Crippen MR) is 106 cm³/mol. The third kappa shape index (κ3) is 5.66. The number of carbonyl (C=O) groups excluding carboxylic acids is 2.